The summed E-state index contributed by atoms with van der Waals surface area (Å²) in [6.45, 7) is 0. The lowest BCUT2D eigenvalue weighted by Gasteiger charge is -2.13. The zero-order valence-electron chi connectivity index (χ0n) is 14.7. The van der Waals surface area contributed by atoms with Gasteiger partial charge in [0, 0.05) is 18.3 Å². The molecule has 5 rings (SSSR count). The molecule has 2 aliphatic carbocycles. The zero-order chi connectivity index (χ0) is 19.4. The van der Waals surface area contributed by atoms with E-state index in [-0.39, 0.29) is 41.2 Å². The predicted octanol–water partition coefficient (Wildman–Crippen LogP) is 2.53. The van der Waals surface area contributed by atoms with E-state index in [0.717, 1.165) is 11.4 Å². The molecule has 4 atom stereocenters. The smallest absolute Gasteiger partial charge is 0.271 e. The van der Waals surface area contributed by atoms with Gasteiger partial charge >= 0.3 is 0 Å². The van der Waals surface area contributed by atoms with E-state index in [1.807, 2.05) is 12.2 Å². The number of carbonyl (C=O) groups excluding carboxylic acids is 2. The Labute approximate surface area is 159 Å². The van der Waals surface area contributed by atoms with Gasteiger partial charge in [-0.25, -0.2) is 0 Å². The van der Waals surface area contributed by atoms with Crippen LogP contribution in [0.1, 0.15) is 12.1 Å². The highest BCUT2D eigenvalue weighted by molar-refractivity contribution is 6.06. The van der Waals surface area contributed by atoms with Crippen LogP contribution in [-0.4, -0.2) is 32.5 Å². The summed E-state index contributed by atoms with van der Waals surface area (Å²) in [4.78, 5) is 36.0. The number of fused-ring (bicyclic) bond motifs is 5. The Kier molecular flexibility index (Phi) is 3.55. The Bertz CT molecular complexity index is 1040. The van der Waals surface area contributed by atoms with Crippen LogP contribution >= 0.6 is 0 Å². The molecule has 0 unspecified atom stereocenters. The third-order valence-electron chi connectivity index (χ3n) is 5.85. The number of non-ortho nitro benzene ring substituents is 1. The normalized spacial score (nSPS) is 27.9. The summed E-state index contributed by atoms with van der Waals surface area (Å²) < 4.78 is 1.72. The zero-order valence-corrected chi connectivity index (χ0v) is 14.7. The fourth-order valence-corrected chi connectivity index (χ4v) is 4.61. The summed E-state index contributed by atoms with van der Waals surface area (Å²) in [6.07, 6.45) is 8.15. The van der Waals surface area contributed by atoms with Crippen LogP contribution in [0, 0.1) is 33.8 Å². The van der Waals surface area contributed by atoms with Crippen LogP contribution in [0.15, 0.2) is 59.8 Å². The summed E-state index contributed by atoms with van der Waals surface area (Å²) >= 11 is 0. The van der Waals surface area contributed by atoms with Crippen molar-refractivity contribution in [2.45, 2.75) is 6.42 Å². The predicted molar refractivity (Wildman–Crippen MR) is 99.6 cm³/mol. The van der Waals surface area contributed by atoms with Crippen molar-refractivity contribution in [3.8, 4) is 5.69 Å². The molecule has 1 aromatic heterocycles. The second-order valence-electron chi connectivity index (χ2n) is 7.31. The third-order valence-corrected chi connectivity index (χ3v) is 5.85. The van der Waals surface area contributed by atoms with E-state index in [1.54, 1.807) is 35.0 Å². The van der Waals surface area contributed by atoms with Crippen molar-refractivity contribution in [2.24, 2.45) is 28.8 Å². The van der Waals surface area contributed by atoms with Crippen LogP contribution in [0.2, 0.25) is 0 Å². The lowest BCUT2D eigenvalue weighted by Crippen LogP contribution is -2.28. The molecule has 0 N–H and O–H groups in total. The second-order valence-corrected chi connectivity index (χ2v) is 7.31. The molecule has 3 aliphatic rings. The average Bonchev–Trinajstić information content (AvgIpc) is 3.45. The number of nitro benzene ring substituents is 1. The molecule has 1 aliphatic heterocycles. The maximum absolute atomic E-state index is 12.7. The third kappa shape index (κ3) is 2.34. The van der Waals surface area contributed by atoms with Crippen molar-refractivity contribution >= 4 is 23.7 Å². The molecule has 2 heterocycles. The lowest BCUT2D eigenvalue weighted by atomic mass is 9.85. The molecular formula is C20H16N4O4. The van der Waals surface area contributed by atoms with E-state index < -0.39 is 4.92 Å². The number of imide groups is 1. The van der Waals surface area contributed by atoms with Crippen molar-refractivity contribution in [1.29, 1.82) is 0 Å². The molecule has 0 spiro atoms. The van der Waals surface area contributed by atoms with Crippen molar-refractivity contribution in [1.82, 2.24) is 9.58 Å². The van der Waals surface area contributed by atoms with E-state index in [9.17, 15) is 19.7 Å². The van der Waals surface area contributed by atoms with Gasteiger partial charge < -0.3 is 4.57 Å². The lowest BCUT2D eigenvalue weighted by molar-refractivity contribution is -0.384. The number of hydrogen-bond acceptors (Lipinski definition) is 5. The number of nitro groups is 1. The minimum Gasteiger partial charge on any atom is -0.315 e. The minimum atomic E-state index is -0.455. The highest BCUT2D eigenvalue weighted by Gasteiger charge is 2.59. The van der Waals surface area contributed by atoms with Gasteiger partial charge in [0.05, 0.1) is 34.4 Å². The number of amides is 2. The molecule has 140 valence electrons. The van der Waals surface area contributed by atoms with Crippen molar-refractivity contribution in [2.75, 3.05) is 0 Å². The summed E-state index contributed by atoms with van der Waals surface area (Å²) in [5.74, 6) is -0.778. The molecular weight excluding hydrogens is 360 g/mol. The first kappa shape index (κ1) is 16.6. The van der Waals surface area contributed by atoms with Crippen LogP contribution < -0.4 is 0 Å². The molecule has 8 heteroatoms. The Hall–Kier alpha value is -3.55. The summed E-state index contributed by atoms with van der Waals surface area (Å²) in [5, 5.41) is 16.2. The number of allylic oxidation sites excluding steroid dienone is 2. The van der Waals surface area contributed by atoms with Crippen LogP contribution in [0.4, 0.5) is 5.69 Å². The molecule has 1 saturated heterocycles. The molecule has 28 heavy (non-hydrogen) atoms. The fraction of sp³-hybridized carbons (Fsp3) is 0.250. The van der Waals surface area contributed by atoms with Crippen LogP contribution in [-0.2, 0) is 9.59 Å². The van der Waals surface area contributed by atoms with Gasteiger partial charge in [-0.2, -0.15) is 10.1 Å². The van der Waals surface area contributed by atoms with Gasteiger partial charge in [-0.3, -0.25) is 19.7 Å². The largest absolute Gasteiger partial charge is 0.315 e. The number of aromatic nitrogens is 1. The summed E-state index contributed by atoms with van der Waals surface area (Å²) in [7, 11) is 0. The second kappa shape index (κ2) is 5.98. The highest BCUT2D eigenvalue weighted by Crippen LogP contribution is 2.52. The summed E-state index contributed by atoms with van der Waals surface area (Å²) in [6, 6.07) is 9.75. The van der Waals surface area contributed by atoms with E-state index in [4.69, 9.17) is 0 Å². The number of nitrogens with zero attached hydrogens (tertiary/aromatic N) is 4. The Balaban J connectivity index is 1.43. The molecule has 2 bridgehead atoms. The highest BCUT2D eigenvalue weighted by atomic mass is 16.6. The monoisotopic (exact) mass is 376 g/mol. The molecule has 0 radical (unpaired) electrons. The van der Waals surface area contributed by atoms with Gasteiger partial charge in [-0.05, 0) is 36.5 Å². The van der Waals surface area contributed by atoms with Gasteiger partial charge in [0.1, 0.15) is 0 Å². The van der Waals surface area contributed by atoms with E-state index >= 15 is 0 Å². The van der Waals surface area contributed by atoms with Gasteiger partial charge in [0.15, 0.2) is 0 Å². The Morgan fingerprint density at radius 2 is 1.79 bits per heavy atom. The fourth-order valence-electron chi connectivity index (χ4n) is 4.61. The van der Waals surface area contributed by atoms with Crippen LogP contribution in [0.25, 0.3) is 5.69 Å². The SMILES string of the molecule is O=C1[C@@H]2[C@H](C(=O)N1N=Cc1cccn1-c1cccc([N+](=O)[O-])c1)[C@H]1C=C[C@H]2C1. The molecule has 2 amide bonds. The van der Waals surface area contributed by atoms with Gasteiger partial charge in [-0.1, -0.05) is 18.2 Å². The Morgan fingerprint density at radius 1 is 1.07 bits per heavy atom. The van der Waals surface area contributed by atoms with Crippen molar-refractivity contribution in [3.63, 3.8) is 0 Å². The number of benzene rings is 1. The first-order valence-corrected chi connectivity index (χ1v) is 9.07. The maximum atomic E-state index is 12.7. The van der Waals surface area contributed by atoms with Crippen LogP contribution in [0.5, 0.6) is 0 Å². The number of hydrogen-bond donors (Lipinski definition) is 0. The number of hydrazone groups is 1. The van der Waals surface area contributed by atoms with Crippen molar-refractivity contribution < 1.29 is 14.5 Å². The molecule has 2 aromatic rings. The number of rotatable bonds is 4. The van der Waals surface area contributed by atoms with Gasteiger partial charge in [0.25, 0.3) is 17.5 Å². The maximum Gasteiger partial charge on any atom is 0.271 e. The van der Waals surface area contributed by atoms with Crippen LogP contribution in [0.3, 0.4) is 0 Å². The first-order chi connectivity index (χ1) is 13.5. The summed E-state index contributed by atoms with van der Waals surface area (Å²) in [5.41, 5.74) is 1.19. The molecule has 2 fully saturated rings. The van der Waals surface area contributed by atoms with Gasteiger partial charge in [0.2, 0.25) is 0 Å². The molecule has 8 nitrogen and oxygen atoms in total. The first-order valence-electron chi connectivity index (χ1n) is 9.07. The van der Waals surface area contributed by atoms with E-state index in [0.29, 0.717) is 11.4 Å². The standard InChI is InChI=1S/C20H16N4O4/c25-19-17-12-6-7-13(9-12)18(17)20(26)23(19)21-11-16-5-2-8-22(16)14-3-1-4-15(10-14)24(27)28/h1-8,10-13,17-18H,9H2/t12-,13-,17-,18+/m0/s1. The van der Waals surface area contributed by atoms with E-state index in [2.05, 4.69) is 5.10 Å². The minimum absolute atomic E-state index is 0.0187. The van der Waals surface area contributed by atoms with E-state index in [1.165, 1.54) is 18.3 Å². The van der Waals surface area contributed by atoms with Gasteiger partial charge in [-0.15, -0.1) is 0 Å². The molecule has 1 saturated carbocycles. The Morgan fingerprint density at radius 3 is 2.46 bits per heavy atom. The average molecular weight is 376 g/mol. The topological polar surface area (TPSA) is 97.8 Å². The quantitative estimate of drug-likeness (QED) is 0.269. The molecule has 1 aromatic carbocycles. The van der Waals surface area contributed by atoms with Crippen molar-refractivity contribution in [3.05, 3.63) is 70.6 Å². The number of carbonyl (C=O) groups is 2.